The lowest BCUT2D eigenvalue weighted by Gasteiger charge is -2.18. The van der Waals surface area contributed by atoms with Gasteiger partial charge in [-0.15, -0.1) is 0 Å². The van der Waals surface area contributed by atoms with E-state index in [2.05, 4.69) is 10.3 Å². The van der Waals surface area contributed by atoms with E-state index in [0.29, 0.717) is 22.0 Å². The molecular formula is C17H16ClN3O3. The maximum absolute atomic E-state index is 12.5. The Kier molecular flexibility index (Phi) is 4.78. The number of pyridine rings is 1. The monoisotopic (exact) mass is 345 g/mol. The Balaban J connectivity index is 1.74. The number of nitrogens with one attached hydrogen (secondary N) is 1. The first-order valence-electron chi connectivity index (χ1n) is 7.49. The van der Waals surface area contributed by atoms with Crippen LogP contribution in [0.5, 0.6) is 0 Å². The van der Waals surface area contributed by atoms with E-state index in [1.54, 1.807) is 36.5 Å². The molecule has 1 fully saturated rings. The SMILES string of the molecule is O=C(Nc1cnccc1CO)[C@@H]1CC(=O)N(c2ccccc2Cl)C1. The molecule has 1 aliphatic heterocycles. The Morgan fingerprint density at radius 1 is 1.38 bits per heavy atom. The van der Waals surface area contributed by atoms with E-state index in [9.17, 15) is 14.7 Å². The molecule has 0 unspecified atom stereocenters. The van der Waals surface area contributed by atoms with E-state index in [1.807, 2.05) is 0 Å². The molecule has 1 saturated heterocycles. The van der Waals surface area contributed by atoms with Gasteiger partial charge in [0, 0.05) is 24.7 Å². The van der Waals surface area contributed by atoms with Crippen LogP contribution in [0, 0.1) is 5.92 Å². The van der Waals surface area contributed by atoms with Crippen LogP contribution in [0.3, 0.4) is 0 Å². The number of hydrogen-bond donors (Lipinski definition) is 2. The van der Waals surface area contributed by atoms with Crippen LogP contribution in [0.25, 0.3) is 0 Å². The maximum Gasteiger partial charge on any atom is 0.229 e. The Morgan fingerprint density at radius 3 is 2.92 bits per heavy atom. The summed E-state index contributed by atoms with van der Waals surface area (Å²) in [7, 11) is 0. The molecular weight excluding hydrogens is 330 g/mol. The van der Waals surface area contributed by atoms with Crippen LogP contribution in [-0.2, 0) is 16.2 Å². The molecule has 2 N–H and O–H groups in total. The molecule has 7 heteroatoms. The number of amides is 2. The molecule has 0 spiro atoms. The van der Waals surface area contributed by atoms with E-state index in [0.717, 1.165) is 0 Å². The summed E-state index contributed by atoms with van der Waals surface area (Å²) >= 11 is 6.14. The molecule has 0 aliphatic carbocycles. The highest BCUT2D eigenvalue weighted by atomic mass is 35.5. The van der Waals surface area contributed by atoms with Crippen molar-refractivity contribution in [2.75, 3.05) is 16.8 Å². The van der Waals surface area contributed by atoms with E-state index in [4.69, 9.17) is 11.6 Å². The van der Waals surface area contributed by atoms with Gasteiger partial charge in [-0.2, -0.15) is 0 Å². The number of aromatic nitrogens is 1. The van der Waals surface area contributed by atoms with E-state index >= 15 is 0 Å². The van der Waals surface area contributed by atoms with Crippen LogP contribution in [0.1, 0.15) is 12.0 Å². The highest BCUT2D eigenvalue weighted by molar-refractivity contribution is 6.33. The molecule has 3 rings (SSSR count). The third kappa shape index (κ3) is 3.25. The molecule has 124 valence electrons. The first kappa shape index (κ1) is 16.4. The van der Waals surface area contributed by atoms with E-state index < -0.39 is 5.92 Å². The quantitative estimate of drug-likeness (QED) is 0.890. The number of para-hydroxylation sites is 1. The minimum absolute atomic E-state index is 0.117. The molecule has 1 atom stereocenters. The number of aliphatic hydroxyl groups excluding tert-OH is 1. The first-order chi connectivity index (χ1) is 11.6. The van der Waals surface area contributed by atoms with Crippen LogP contribution in [0.15, 0.2) is 42.7 Å². The standard InChI is InChI=1S/C17H16ClN3O3/c18-13-3-1-2-4-15(13)21-9-12(7-16(21)23)17(24)20-14-8-19-6-5-11(14)10-22/h1-6,8,12,22H,7,9-10H2,(H,20,24)/t12-/m1/s1. The second-order valence-electron chi connectivity index (χ2n) is 5.54. The Labute approximate surface area is 144 Å². The highest BCUT2D eigenvalue weighted by Crippen LogP contribution is 2.31. The number of benzene rings is 1. The van der Waals surface area contributed by atoms with Crippen LogP contribution >= 0.6 is 11.6 Å². The Morgan fingerprint density at radius 2 is 2.17 bits per heavy atom. The lowest BCUT2D eigenvalue weighted by Crippen LogP contribution is -2.28. The van der Waals surface area contributed by atoms with E-state index in [-0.39, 0.29) is 31.4 Å². The van der Waals surface area contributed by atoms with Crippen LogP contribution in [-0.4, -0.2) is 28.4 Å². The van der Waals surface area contributed by atoms with Crippen molar-refractivity contribution in [1.82, 2.24) is 4.98 Å². The number of aliphatic hydroxyl groups is 1. The zero-order valence-electron chi connectivity index (χ0n) is 12.8. The van der Waals surface area contributed by atoms with Gasteiger partial charge >= 0.3 is 0 Å². The number of halogens is 1. The molecule has 0 bridgehead atoms. The molecule has 0 radical (unpaired) electrons. The minimum atomic E-state index is -0.486. The number of hydrogen-bond acceptors (Lipinski definition) is 4. The fourth-order valence-electron chi connectivity index (χ4n) is 2.70. The van der Waals surface area contributed by atoms with Gasteiger partial charge in [0.25, 0.3) is 0 Å². The van der Waals surface area contributed by atoms with Crippen LogP contribution < -0.4 is 10.2 Å². The normalized spacial score (nSPS) is 17.2. The van der Waals surface area contributed by atoms with Gasteiger partial charge < -0.3 is 15.3 Å². The second-order valence-corrected chi connectivity index (χ2v) is 5.94. The summed E-state index contributed by atoms with van der Waals surface area (Å²) in [6.07, 6.45) is 3.14. The highest BCUT2D eigenvalue weighted by Gasteiger charge is 2.36. The third-order valence-corrected chi connectivity index (χ3v) is 4.30. The van der Waals surface area contributed by atoms with Gasteiger partial charge in [0.1, 0.15) is 0 Å². The van der Waals surface area contributed by atoms with Gasteiger partial charge in [0.05, 0.1) is 35.1 Å². The van der Waals surface area contributed by atoms with Crippen LogP contribution in [0.4, 0.5) is 11.4 Å². The van der Waals surface area contributed by atoms with Crippen molar-refractivity contribution in [3.05, 3.63) is 53.3 Å². The predicted octanol–water partition coefficient (Wildman–Crippen LogP) is 2.22. The third-order valence-electron chi connectivity index (χ3n) is 3.98. The minimum Gasteiger partial charge on any atom is -0.392 e. The molecule has 2 amide bonds. The summed E-state index contributed by atoms with van der Waals surface area (Å²) in [5, 5.41) is 12.5. The zero-order valence-corrected chi connectivity index (χ0v) is 13.5. The summed E-state index contributed by atoms with van der Waals surface area (Å²) in [6.45, 7) is 0.0661. The summed E-state index contributed by atoms with van der Waals surface area (Å²) in [6, 6.07) is 8.68. The first-order valence-corrected chi connectivity index (χ1v) is 7.87. The second kappa shape index (κ2) is 6.98. The average Bonchev–Trinajstić information content (AvgIpc) is 2.97. The van der Waals surface area contributed by atoms with Crippen molar-refractivity contribution >= 4 is 34.8 Å². The largest absolute Gasteiger partial charge is 0.392 e. The van der Waals surface area contributed by atoms with Crippen molar-refractivity contribution in [3.8, 4) is 0 Å². The maximum atomic E-state index is 12.5. The topological polar surface area (TPSA) is 82.5 Å². The molecule has 1 aromatic carbocycles. The smallest absolute Gasteiger partial charge is 0.229 e. The zero-order chi connectivity index (χ0) is 17.1. The summed E-state index contributed by atoms with van der Waals surface area (Å²) in [5.41, 5.74) is 1.64. The van der Waals surface area contributed by atoms with Gasteiger partial charge in [-0.1, -0.05) is 23.7 Å². The number of nitrogens with zero attached hydrogens (tertiary/aromatic N) is 2. The Bertz CT molecular complexity index is 781. The van der Waals surface area contributed by atoms with Crippen molar-refractivity contribution in [2.45, 2.75) is 13.0 Å². The summed E-state index contributed by atoms with van der Waals surface area (Å²) < 4.78 is 0. The van der Waals surface area contributed by atoms with E-state index in [1.165, 1.54) is 11.1 Å². The molecule has 2 heterocycles. The number of anilines is 2. The van der Waals surface area contributed by atoms with Gasteiger partial charge in [-0.05, 0) is 18.2 Å². The molecule has 0 saturated carbocycles. The van der Waals surface area contributed by atoms with Crippen molar-refractivity contribution in [2.24, 2.45) is 5.92 Å². The lowest BCUT2D eigenvalue weighted by atomic mass is 10.1. The molecule has 1 aromatic heterocycles. The van der Waals surface area contributed by atoms with Crippen LogP contribution in [0.2, 0.25) is 5.02 Å². The van der Waals surface area contributed by atoms with Gasteiger partial charge in [0.2, 0.25) is 11.8 Å². The van der Waals surface area contributed by atoms with Crippen molar-refractivity contribution in [3.63, 3.8) is 0 Å². The molecule has 6 nitrogen and oxygen atoms in total. The average molecular weight is 346 g/mol. The van der Waals surface area contributed by atoms with Crippen molar-refractivity contribution < 1.29 is 14.7 Å². The number of carbonyl (C=O) groups is 2. The molecule has 1 aliphatic rings. The fraction of sp³-hybridized carbons (Fsp3) is 0.235. The Hall–Kier alpha value is -2.44. The lowest BCUT2D eigenvalue weighted by molar-refractivity contribution is -0.122. The van der Waals surface area contributed by atoms with Gasteiger partial charge in [0.15, 0.2) is 0 Å². The predicted molar refractivity (Wildman–Crippen MR) is 90.7 cm³/mol. The van der Waals surface area contributed by atoms with Gasteiger partial charge in [-0.25, -0.2) is 0 Å². The fourth-order valence-corrected chi connectivity index (χ4v) is 2.93. The summed E-state index contributed by atoms with van der Waals surface area (Å²) in [4.78, 5) is 30.2. The van der Waals surface area contributed by atoms with Crippen molar-refractivity contribution in [1.29, 1.82) is 0 Å². The number of carbonyl (C=O) groups excluding carboxylic acids is 2. The van der Waals surface area contributed by atoms with Gasteiger partial charge in [-0.3, -0.25) is 14.6 Å². The molecule has 24 heavy (non-hydrogen) atoms. The number of rotatable bonds is 4. The summed E-state index contributed by atoms with van der Waals surface area (Å²) in [5.74, 6) is -0.905. The molecule has 2 aromatic rings.